The van der Waals surface area contributed by atoms with Crippen molar-refractivity contribution in [2.24, 2.45) is 5.73 Å². The fourth-order valence-electron chi connectivity index (χ4n) is 1.56. The molecule has 0 aromatic carbocycles. The third-order valence-electron chi connectivity index (χ3n) is 2.32. The van der Waals surface area contributed by atoms with Crippen LogP contribution in [-0.4, -0.2) is 34.9 Å². The maximum Gasteiger partial charge on any atom is 0.309 e. The standard InChI is InChI=1S/C9H13N3O2/c1-6-4-11-8(14-6)9(13)12-3-2-7(10)5-12/h4,7H,2-3,5,10H2,1H3. The molecule has 2 heterocycles. The van der Waals surface area contributed by atoms with Gasteiger partial charge in [-0.15, -0.1) is 0 Å². The predicted octanol–water partition coefficient (Wildman–Crippen LogP) is 0.156. The molecule has 1 atom stereocenters. The molecular formula is C9H13N3O2. The number of aryl methyl sites for hydroxylation is 1. The summed E-state index contributed by atoms with van der Waals surface area (Å²) >= 11 is 0. The van der Waals surface area contributed by atoms with Crippen molar-refractivity contribution in [3.63, 3.8) is 0 Å². The lowest BCUT2D eigenvalue weighted by molar-refractivity contribution is 0.0750. The fourth-order valence-corrected chi connectivity index (χ4v) is 1.56. The second-order valence-corrected chi connectivity index (χ2v) is 3.58. The first kappa shape index (κ1) is 9.21. The summed E-state index contributed by atoms with van der Waals surface area (Å²) in [6, 6.07) is 0.0926. The van der Waals surface area contributed by atoms with Crippen LogP contribution < -0.4 is 5.73 Å². The lowest BCUT2D eigenvalue weighted by Crippen LogP contribution is -2.32. The van der Waals surface area contributed by atoms with Gasteiger partial charge in [0.2, 0.25) is 0 Å². The van der Waals surface area contributed by atoms with E-state index in [0.717, 1.165) is 6.42 Å². The molecule has 1 amide bonds. The Labute approximate surface area is 81.9 Å². The number of nitrogens with two attached hydrogens (primary N) is 1. The number of nitrogens with zero attached hydrogens (tertiary/aromatic N) is 2. The van der Waals surface area contributed by atoms with Gasteiger partial charge in [-0.3, -0.25) is 4.79 Å². The van der Waals surface area contributed by atoms with Gasteiger partial charge in [-0.05, 0) is 13.3 Å². The molecule has 1 aromatic heterocycles. The van der Waals surface area contributed by atoms with Crippen molar-refractivity contribution in [1.29, 1.82) is 0 Å². The normalized spacial score (nSPS) is 21.6. The summed E-state index contributed by atoms with van der Waals surface area (Å²) in [6.45, 7) is 3.06. The van der Waals surface area contributed by atoms with E-state index >= 15 is 0 Å². The van der Waals surface area contributed by atoms with Crippen molar-refractivity contribution >= 4 is 5.91 Å². The van der Waals surface area contributed by atoms with Crippen molar-refractivity contribution in [3.05, 3.63) is 17.8 Å². The van der Waals surface area contributed by atoms with E-state index in [2.05, 4.69) is 4.98 Å². The van der Waals surface area contributed by atoms with E-state index in [1.54, 1.807) is 18.0 Å². The summed E-state index contributed by atoms with van der Waals surface area (Å²) in [5.41, 5.74) is 5.70. The van der Waals surface area contributed by atoms with Crippen LogP contribution >= 0.6 is 0 Å². The highest BCUT2D eigenvalue weighted by Gasteiger charge is 2.27. The minimum absolute atomic E-state index is 0.0926. The smallest absolute Gasteiger partial charge is 0.309 e. The average molecular weight is 195 g/mol. The Bertz CT molecular complexity index is 348. The van der Waals surface area contributed by atoms with Crippen LogP contribution in [0, 0.1) is 6.92 Å². The van der Waals surface area contributed by atoms with Crippen molar-refractivity contribution in [3.8, 4) is 0 Å². The zero-order valence-electron chi connectivity index (χ0n) is 8.06. The highest BCUT2D eigenvalue weighted by atomic mass is 16.4. The topological polar surface area (TPSA) is 72.4 Å². The third-order valence-corrected chi connectivity index (χ3v) is 2.32. The molecule has 1 aromatic rings. The molecule has 14 heavy (non-hydrogen) atoms. The Morgan fingerprint density at radius 3 is 3.07 bits per heavy atom. The number of likely N-dealkylation sites (tertiary alicyclic amines) is 1. The molecule has 2 N–H and O–H groups in total. The average Bonchev–Trinajstić information content (AvgIpc) is 2.73. The van der Waals surface area contributed by atoms with Crippen LogP contribution in [0.4, 0.5) is 0 Å². The third kappa shape index (κ3) is 1.63. The molecule has 5 heteroatoms. The number of hydrogen-bond donors (Lipinski definition) is 1. The number of aromatic nitrogens is 1. The first-order valence-corrected chi connectivity index (χ1v) is 4.64. The molecule has 1 aliphatic heterocycles. The highest BCUT2D eigenvalue weighted by molar-refractivity contribution is 5.89. The van der Waals surface area contributed by atoms with Gasteiger partial charge >= 0.3 is 5.91 Å². The minimum Gasteiger partial charge on any atom is -0.438 e. The summed E-state index contributed by atoms with van der Waals surface area (Å²) < 4.78 is 5.15. The van der Waals surface area contributed by atoms with E-state index in [-0.39, 0.29) is 17.8 Å². The molecule has 1 saturated heterocycles. The number of hydrogen-bond acceptors (Lipinski definition) is 4. The molecule has 0 saturated carbocycles. The van der Waals surface area contributed by atoms with E-state index in [4.69, 9.17) is 10.2 Å². The Morgan fingerprint density at radius 1 is 1.79 bits per heavy atom. The molecule has 0 spiro atoms. The largest absolute Gasteiger partial charge is 0.438 e. The van der Waals surface area contributed by atoms with Gasteiger partial charge in [-0.25, -0.2) is 4.98 Å². The van der Waals surface area contributed by atoms with Gasteiger partial charge in [0.1, 0.15) is 5.76 Å². The van der Waals surface area contributed by atoms with E-state index in [9.17, 15) is 4.79 Å². The minimum atomic E-state index is -0.161. The molecule has 0 aliphatic carbocycles. The Balaban J connectivity index is 2.09. The second-order valence-electron chi connectivity index (χ2n) is 3.58. The van der Waals surface area contributed by atoms with E-state index < -0.39 is 0 Å². The van der Waals surface area contributed by atoms with E-state index in [0.29, 0.717) is 18.8 Å². The number of rotatable bonds is 1. The Hall–Kier alpha value is -1.36. The van der Waals surface area contributed by atoms with Crippen molar-refractivity contribution in [2.75, 3.05) is 13.1 Å². The molecule has 0 bridgehead atoms. The van der Waals surface area contributed by atoms with Crippen LogP contribution in [0.15, 0.2) is 10.6 Å². The van der Waals surface area contributed by atoms with Crippen LogP contribution in [0.5, 0.6) is 0 Å². The molecule has 2 rings (SSSR count). The Morgan fingerprint density at radius 2 is 2.57 bits per heavy atom. The van der Waals surface area contributed by atoms with Crippen molar-refractivity contribution in [1.82, 2.24) is 9.88 Å². The molecule has 5 nitrogen and oxygen atoms in total. The van der Waals surface area contributed by atoms with Crippen LogP contribution in [0.25, 0.3) is 0 Å². The van der Waals surface area contributed by atoms with Gasteiger partial charge in [0.15, 0.2) is 0 Å². The van der Waals surface area contributed by atoms with Crippen LogP contribution in [0.2, 0.25) is 0 Å². The second kappa shape index (κ2) is 3.42. The maximum absolute atomic E-state index is 11.7. The maximum atomic E-state index is 11.7. The van der Waals surface area contributed by atoms with Gasteiger partial charge in [-0.2, -0.15) is 0 Å². The zero-order valence-corrected chi connectivity index (χ0v) is 8.06. The van der Waals surface area contributed by atoms with Gasteiger partial charge in [0.25, 0.3) is 5.89 Å². The summed E-state index contributed by atoms with van der Waals surface area (Å²) in [6.07, 6.45) is 2.40. The van der Waals surface area contributed by atoms with Crippen LogP contribution in [-0.2, 0) is 0 Å². The monoisotopic (exact) mass is 195 g/mol. The van der Waals surface area contributed by atoms with E-state index in [1.165, 1.54) is 0 Å². The highest BCUT2D eigenvalue weighted by Crippen LogP contribution is 2.12. The first-order chi connectivity index (χ1) is 6.66. The van der Waals surface area contributed by atoms with Gasteiger partial charge < -0.3 is 15.1 Å². The lowest BCUT2D eigenvalue weighted by Gasteiger charge is -2.12. The zero-order chi connectivity index (χ0) is 10.1. The fraction of sp³-hybridized carbons (Fsp3) is 0.556. The van der Waals surface area contributed by atoms with Gasteiger partial charge in [0, 0.05) is 19.1 Å². The molecule has 1 aliphatic rings. The van der Waals surface area contributed by atoms with Crippen molar-refractivity contribution in [2.45, 2.75) is 19.4 Å². The van der Waals surface area contributed by atoms with Gasteiger partial charge in [-0.1, -0.05) is 0 Å². The van der Waals surface area contributed by atoms with Crippen LogP contribution in [0.3, 0.4) is 0 Å². The molecule has 1 unspecified atom stereocenters. The number of amides is 1. The number of carbonyl (C=O) groups excluding carboxylic acids is 1. The Kier molecular flexibility index (Phi) is 2.25. The van der Waals surface area contributed by atoms with Crippen LogP contribution in [0.1, 0.15) is 22.9 Å². The molecule has 1 fully saturated rings. The molecular weight excluding hydrogens is 182 g/mol. The summed E-state index contributed by atoms with van der Waals surface area (Å²) in [5.74, 6) is 0.652. The SMILES string of the molecule is Cc1cnc(C(=O)N2CCC(N)C2)o1. The molecule has 76 valence electrons. The number of oxazole rings is 1. The quantitative estimate of drug-likeness (QED) is 0.692. The van der Waals surface area contributed by atoms with E-state index in [1.807, 2.05) is 0 Å². The summed E-state index contributed by atoms with van der Waals surface area (Å²) in [4.78, 5) is 17.3. The molecule has 0 radical (unpaired) electrons. The number of carbonyl (C=O) groups is 1. The first-order valence-electron chi connectivity index (χ1n) is 4.64. The lowest BCUT2D eigenvalue weighted by atomic mass is 10.3. The van der Waals surface area contributed by atoms with Gasteiger partial charge in [0.05, 0.1) is 6.20 Å². The summed E-state index contributed by atoms with van der Waals surface area (Å²) in [7, 11) is 0. The predicted molar refractivity (Wildman–Crippen MR) is 49.7 cm³/mol. The summed E-state index contributed by atoms with van der Waals surface area (Å²) in [5, 5.41) is 0. The van der Waals surface area contributed by atoms with Crippen molar-refractivity contribution < 1.29 is 9.21 Å².